The van der Waals surface area contributed by atoms with Gasteiger partial charge in [0, 0.05) is 37.5 Å². The third kappa shape index (κ3) is 4.51. The van der Waals surface area contributed by atoms with Gasteiger partial charge in [-0.25, -0.2) is 19.0 Å². The van der Waals surface area contributed by atoms with E-state index in [0.29, 0.717) is 18.1 Å². The summed E-state index contributed by atoms with van der Waals surface area (Å²) >= 11 is 0. The molecule has 0 spiro atoms. The zero-order valence-electron chi connectivity index (χ0n) is 15.0. The zero-order valence-corrected chi connectivity index (χ0v) is 15.0. The van der Waals surface area contributed by atoms with E-state index in [-0.39, 0.29) is 18.5 Å². The van der Waals surface area contributed by atoms with E-state index in [0.717, 1.165) is 43.8 Å². The highest BCUT2D eigenvalue weighted by atomic mass is 19.1. The second-order valence-electron chi connectivity index (χ2n) is 6.54. The number of nitrogens with one attached hydrogen (secondary N) is 1. The topological polar surface area (TPSA) is 77.9 Å². The molecular weight excluding hydrogens is 349 g/mol. The smallest absolute Gasteiger partial charge is 0.188 e. The van der Waals surface area contributed by atoms with Gasteiger partial charge in [-0.3, -0.25) is 0 Å². The van der Waals surface area contributed by atoms with E-state index >= 15 is 0 Å². The summed E-state index contributed by atoms with van der Waals surface area (Å²) in [5, 5.41) is 4.59. The van der Waals surface area contributed by atoms with Gasteiger partial charge < -0.3 is 14.5 Å². The second-order valence-corrected chi connectivity index (χ2v) is 6.54. The van der Waals surface area contributed by atoms with E-state index in [1.165, 1.54) is 12.1 Å². The van der Waals surface area contributed by atoms with Crippen molar-refractivity contribution in [1.29, 1.82) is 0 Å². The first-order valence-corrected chi connectivity index (χ1v) is 9.19. The number of rotatable bonds is 7. The molecule has 1 aliphatic heterocycles. The monoisotopic (exact) mass is 371 g/mol. The van der Waals surface area contributed by atoms with Crippen molar-refractivity contribution in [1.82, 2.24) is 24.7 Å². The summed E-state index contributed by atoms with van der Waals surface area (Å²) < 4.78 is 26.7. The van der Waals surface area contributed by atoms with Crippen molar-refractivity contribution in [3.05, 3.63) is 59.9 Å². The van der Waals surface area contributed by atoms with Gasteiger partial charge in [0.15, 0.2) is 11.6 Å². The number of ether oxygens (including phenoxy) is 2. The molecule has 8 heteroatoms. The molecule has 0 unspecified atom stereocenters. The number of benzene rings is 1. The molecule has 4 rings (SSSR count). The summed E-state index contributed by atoms with van der Waals surface area (Å²) in [4.78, 5) is 11.8. The van der Waals surface area contributed by atoms with Gasteiger partial charge in [0.1, 0.15) is 24.3 Å². The van der Waals surface area contributed by atoms with E-state index in [2.05, 4.69) is 20.1 Å². The highest BCUT2D eigenvalue weighted by Gasteiger charge is 2.23. The molecule has 1 N–H and O–H groups in total. The fraction of sp³-hybridized carbons (Fsp3) is 0.421. The van der Waals surface area contributed by atoms with Crippen LogP contribution in [0.1, 0.15) is 42.7 Å². The van der Waals surface area contributed by atoms with E-state index < -0.39 is 0 Å². The zero-order chi connectivity index (χ0) is 18.5. The molecule has 7 nitrogen and oxygen atoms in total. The third-order valence-electron chi connectivity index (χ3n) is 4.52. The summed E-state index contributed by atoms with van der Waals surface area (Å²) in [7, 11) is 0. The fourth-order valence-electron chi connectivity index (χ4n) is 3.16. The van der Waals surface area contributed by atoms with Crippen LogP contribution in [0.2, 0.25) is 0 Å². The Morgan fingerprint density at radius 2 is 2.30 bits per heavy atom. The van der Waals surface area contributed by atoms with Crippen molar-refractivity contribution in [2.24, 2.45) is 0 Å². The van der Waals surface area contributed by atoms with Gasteiger partial charge in [-0.15, -0.1) is 0 Å². The molecule has 3 aromatic rings. The number of aryl methyl sites for hydroxylation is 2. The molecule has 3 heterocycles. The van der Waals surface area contributed by atoms with Crippen LogP contribution in [0.5, 0.6) is 5.75 Å². The van der Waals surface area contributed by atoms with Crippen molar-refractivity contribution in [3.8, 4) is 5.75 Å². The van der Waals surface area contributed by atoms with E-state index in [9.17, 15) is 4.39 Å². The van der Waals surface area contributed by atoms with E-state index in [1.807, 2.05) is 10.9 Å². The van der Waals surface area contributed by atoms with Crippen LogP contribution in [0.15, 0.2) is 36.8 Å². The van der Waals surface area contributed by atoms with Crippen molar-refractivity contribution < 1.29 is 13.9 Å². The van der Waals surface area contributed by atoms with Gasteiger partial charge in [0.05, 0.1) is 6.33 Å². The van der Waals surface area contributed by atoms with E-state index in [1.54, 1.807) is 18.5 Å². The minimum Gasteiger partial charge on any atom is -0.485 e. The Hall–Kier alpha value is -2.74. The summed E-state index contributed by atoms with van der Waals surface area (Å²) in [6.45, 7) is 1.60. The molecular formula is C19H22FN5O2. The third-order valence-corrected chi connectivity index (χ3v) is 4.52. The van der Waals surface area contributed by atoms with Crippen LogP contribution in [0.25, 0.3) is 0 Å². The SMILES string of the molecule is Fc1cccc(OCc2nc([C@@H]3CCCCO3)n(CCc3cnc[nH]3)n2)c1. The maximum Gasteiger partial charge on any atom is 0.188 e. The standard InChI is InChI=1S/C19H22FN5O2/c20-14-4-3-5-16(10-14)27-12-18-23-19(17-6-1-2-9-26-17)25(24-18)8-7-15-11-21-13-22-15/h3-5,10-11,13,17H,1-2,6-9,12H2,(H,21,22)/t17-/m0/s1. The largest absolute Gasteiger partial charge is 0.485 e. The lowest BCUT2D eigenvalue weighted by molar-refractivity contribution is 0.00665. The molecule has 1 aliphatic rings. The highest BCUT2D eigenvalue weighted by molar-refractivity contribution is 5.22. The molecule has 27 heavy (non-hydrogen) atoms. The first kappa shape index (κ1) is 17.7. The molecule has 0 radical (unpaired) electrons. The average Bonchev–Trinajstić information content (AvgIpc) is 3.35. The number of nitrogens with zero attached hydrogens (tertiary/aromatic N) is 4. The number of imidazole rings is 1. The fourth-order valence-corrected chi connectivity index (χ4v) is 3.16. The Bertz CT molecular complexity index is 859. The lowest BCUT2D eigenvalue weighted by Gasteiger charge is -2.22. The van der Waals surface area contributed by atoms with Crippen LogP contribution in [0.3, 0.4) is 0 Å². The van der Waals surface area contributed by atoms with Crippen LogP contribution >= 0.6 is 0 Å². The van der Waals surface area contributed by atoms with E-state index in [4.69, 9.17) is 9.47 Å². The Labute approximate surface area is 156 Å². The number of aromatic amines is 1. The Balaban J connectivity index is 1.49. The maximum atomic E-state index is 13.3. The first-order valence-electron chi connectivity index (χ1n) is 9.19. The molecule has 0 amide bonds. The second kappa shape index (κ2) is 8.30. The Morgan fingerprint density at radius 1 is 1.33 bits per heavy atom. The van der Waals surface area contributed by atoms with Crippen LogP contribution in [-0.4, -0.2) is 31.3 Å². The Kier molecular flexibility index (Phi) is 5.43. The van der Waals surface area contributed by atoms with Gasteiger partial charge in [-0.1, -0.05) is 6.07 Å². The number of hydrogen-bond acceptors (Lipinski definition) is 5. The number of halogens is 1. The average molecular weight is 371 g/mol. The minimum atomic E-state index is -0.332. The summed E-state index contributed by atoms with van der Waals surface area (Å²) in [5.74, 6) is 1.52. The lowest BCUT2D eigenvalue weighted by atomic mass is 10.1. The normalized spacial score (nSPS) is 17.1. The first-order chi connectivity index (χ1) is 13.3. The summed E-state index contributed by atoms with van der Waals surface area (Å²) in [5.41, 5.74) is 1.04. The summed E-state index contributed by atoms with van der Waals surface area (Å²) in [6.07, 6.45) is 7.33. The quantitative estimate of drug-likeness (QED) is 0.690. The molecule has 142 valence electrons. The van der Waals surface area contributed by atoms with Gasteiger partial charge in [0.2, 0.25) is 0 Å². The highest BCUT2D eigenvalue weighted by Crippen LogP contribution is 2.27. The van der Waals surface area contributed by atoms with Crippen molar-refractivity contribution in [3.63, 3.8) is 0 Å². The van der Waals surface area contributed by atoms with Gasteiger partial charge in [-0.05, 0) is 31.4 Å². The van der Waals surface area contributed by atoms with Crippen molar-refractivity contribution in [2.45, 2.75) is 44.9 Å². The maximum absolute atomic E-state index is 13.3. The lowest BCUT2D eigenvalue weighted by Crippen LogP contribution is -2.18. The number of hydrogen-bond donors (Lipinski definition) is 1. The summed E-state index contributed by atoms with van der Waals surface area (Å²) in [6, 6.07) is 6.06. The number of aromatic nitrogens is 5. The van der Waals surface area contributed by atoms with Crippen LogP contribution in [0.4, 0.5) is 4.39 Å². The van der Waals surface area contributed by atoms with Gasteiger partial charge >= 0.3 is 0 Å². The Morgan fingerprint density at radius 3 is 3.07 bits per heavy atom. The van der Waals surface area contributed by atoms with Crippen LogP contribution < -0.4 is 4.74 Å². The predicted octanol–water partition coefficient (Wildman–Crippen LogP) is 3.20. The number of H-pyrrole nitrogens is 1. The van der Waals surface area contributed by atoms with Gasteiger partial charge in [0.25, 0.3) is 0 Å². The van der Waals surface area contributed by atoms with Crippen molar-refractivity contribution >= 4 is 0 Å². The van der Waals surface area contributed by atoms with Crippen LogP contribution in [-0.2, 0) is 24.3 Å². The molecule has 1 fully saturated rings. The molecule has 1 aromatic carbocycles. The van der Waals surface area contributed by atoms with Crippen LogP contribution in [0, 0.1) is 5.82 Å². The van der Waals surface area contributed by atoms with Crippen molar-refractivity contribution in [2.75, 3.05) is 6.61 Å². The predicted molar refractivity (Wildman–Crippen MR) is 95.6 cm³/mol. The van der Waals surface area contributed by atoms with Gasteiger partial charge in [-0.2, -0.15) is 5.10 Å². The molecule has 1 saturated heterocycles. The molecule has 0 aliphatic carbocycles. The molecule has 1 atom stereocenters. The minimum absolute atomic E-state index is 0.0454. The molecule has 0 saturated carbocycles. The molecule has 2 aromatic heterocycles. The molecule has 0 bridgehead atoms.